The third-order valence-electron chi connectivity index (χ3n) is 3.73. The summed E-state index contributed by atoms with van der Waals surface area (Å²) >= 11 is 1.41. The summed E-state index contributed by atoms with van der Waals surface area (Å²) in [5.41, 5.74) is 1.51. The first-order valence-corrected chi connectivity index (χ1v) is 8.35. The first kappa shape index (κ1) is 16.8. The highest BCUT2D eigenvalue weighted by molar-refractivity contribution is 7.17. The van der Waals surface area contributed by atoms with Crippen molar-refractivity contribution in [1.29, 1.82) is 0 Å². The largest absolute Gasteiger partial charge is 0.326 e. The van der Waals surface area contributed by atoms with Crippen molar-refractivity contribution >= 4 is 39.5 Å². The first-order chi connectivity index (χ1) is 11.9. The third kappa shape index (κ3) is 3.29. The van der Waals surface area contributed by atoms with Crippen LogP contribution in [0.4, 0.5) is 11.4 Å². The van der Waals surface area contributed by atoms with Crippen molar-refractivity contribution < 1.29 is 9.59 Å². The van der Waals surface area contributed by atoms with Gasteiger partial charge in [0.05, 0.1) is 0 Å². The summed E-state index contributed by atoms with van der Waals surface area (Å²) in [6.07, 6.45) is 1.30. The van der Waals surface area contributed by atoms with Gasteiger partial charge < -0.3 is 10.6 Å². The number of nitrogens with one attached hydrogen (secondary N) is 2. The number of fused-ring (bicyclic) bond motifs is 1. The first-order valence-electron chi connectivity index (χ1n) is 7.53. The van der Waals surface area contributed by atoms with Crippen LogP contribution < -0.4 is 16.2 Å². The number of hydrogen-bond acceptors (Lipinski definition) is 5. The van der Waals surface area contributed by atoms with Crippen LogP contribution in [0.3, 0.4) is 0 Å². The van der Waals surface area contributed by atoms with E-state index in [4.69, 9.17) is 0 Å². The number of thiazole rings is 1. The minimum Gasteiger partial charge on any atom is -0.326 e. The maximum atomic E-state index is 12.6. The molecular weight excluding hydrogens is 340 g/mol. The Bertz CT molecular complexity index is 1030. The maximum absolute atomic E-state index is 12.6. The van der Waals surface area contributed by atoms with Gasteiger partial charge in [-0.2, -0.15) is 0 Å². The average molecular weight is 356 g/mol. The summed E-state index contributed by atoms with van der Waals surface area (Å²) in [5, 5.41) is 5.31. The molecule has 0 fully saturated rings. The number of nitrogens with zero attached hydrogens (tertiary/aromatic N) is 2. The molecule has 8 heteroatoms. The van der Waals surface area contributed by atoms with Crippen LogP contribution in [0.5, 0.6) is 0 Å². The van der Waals surface area contributed by atoms with E-state index in [1.807, 2.05) is 13.8 Å². The molecule has 2 amide bonds. The Balaban J connectivity index is 1.87. The highest BCUT2D eigenvalue weighted by atomic mass is 32.1. The second-order valence-electron chi connectivity index (χ2n) is 5.55. The molecule has 3 aromatic rings. The van der Waals surface area contributed by atoms with E-state index in [2.05, 4.69) is 15.6 Å². The zero-order valence-electron chi connectivity index (χ0n) is 13.9. The zero-order chi connectivity index (χ0) is 18.1. The minimum atomic E-state index is -0.526. The Morgan fingerprint density at radius 3 is 2.28 bits per heavy atom. The lowest BCUT2D eigenvalue weighted by Gasteiger charge is -2.07. The summed E-state index contributed by atoms with van der Waals surface area (Å²) in [7, 11) is 0. The van der Waals surface area contributed by atoms with Crippen molar-refractivity contribution in [3.8, 4) is 0 Å². The van der Waals surface area contributed by atoms with Gasteiger partial charge in [-0.1, -0.05) is 0 Å². The van der Waals surface area contributed by atoms with E-state index in [-0.39, 0.29) is 17.0 Å². The summed E-state index contributed by atoms with van der Waals surface area (Å²) in [6.45, 7) is 5.15. The van der Waals surface area contributed by atoms with Crippen molar-refractivity contribution in [1.82, 2.24) is 9.38 Å². The number of carbonyl (C=O) groups is 2. The molecule has 2 heterocycles. The number of carbonyl (C=O) groups excluding carboxylic acids is 2. The predicted octanol–water partition coefficient (Wildman–Crippen LogP) is 2.58. The standard InChI is InChI=1S/C17H16N4O3S/c1-9-10(2)25-17-18-8-14(16(24)21(9)17)15(23)20-13-6-4-12(5-7-13)19-11(3)22/h4-8H,1-3H3,(H,19,22)(H,20,23). The number of aryl methyl sites for hydroxylation is 2. The van der Waals surface area contributed by atoms with E-state index >= 15 is 0 Å². The lowest BCUT2D eigenvalue weighted by molar-refractivity contribution is -0.114. The summed E-state index contributed by atoms with van der Waals surface area (Å²) in [6, 6.07) is 6.62. The topological polar surface area (TPSA) is 92.6 Å². The lowest BCUT2D eigenvalue weighted by Crippen LogP contribution is -2.26. The third-order valence-corrected chi connectivity index (χ3v) is 4.80. The van der Waals surface area contributed by atoms with Crippen molar-refractivity contribution in [2.24, 2.45) is 0 Å². The Morgan fingerprint density at radius 2 is 1.68 bits per heavy atom. The molecule has 7 nitrogen and oxygen atoms in total. The molecule has 0 aliphatic heterocycles. The fourth-order valence-corrected chi connectivity index (χ4v) is 3.30. The molecule has 0 radical (unpaired) electrons. The van der Waals surface area contributed by atoms with Gasteiger partial charge in [0.1, 0.15) is 5.56 Å². The van der Waals surface area contributed by atoms with Crippen LogP contribution in [0.2, 0.25) is 0 Å². The molecule has 0 spiro atoms. The van der Waals surface area contributed by atoms with Crippen LogP contribution in [-0.4, -0.2) is 21.2 Å². The van der Waals surface area contributed by atoms with Gasteiger partial charge in [0.15, 0.2) is 4.96 Å². The van der Waals surface area contributed by atoms with Gasteiger partial charge in [-0.05, 0) is 38.1 Å². The monoisotopic (exact) mass is 356 g/mol. The van der Waals surface area contributed by atoms with Crippen LogP contribution in [0.15, 0.2) is 35.3 Å². The molecule has 0 saturated carbocycles. The SMILES string of the molecule is CC(=O)Nc1ccc(NC(=O)c2cnc3sc(C)c(C)n3c2=O)cc1. The van der Waals surface area contributed by atoms with Crippen LogP contribution in [0.25, 0.3) is 4.96 Å². The molecule has 0 saturated heterocycles. The number of anilines is 2. The molecular formula is C17H16N4O3S. The second kappa shape index (κ2) is 6.48. The molecule has 0 atom stereocenters. The Morgan fingerprint density at radius 1 is 1.08 bits per heavy atom. The van der Waals surface area contributed by atoms with E-state index in [9.17, 15) is 14.4 Å². The molecule has 3 rings (SSSR count). The normalized spacial score (nSPS) is 10.7. The van der Waals surface area contributed by atoms with Crippen molar-refractivity contribution in [2.45, 2.75) is 20.8 Å². The van der Waals surface area contributed by atoms with Crippen LogP contribution in [-0.2, 0) is 4.79 Å². The highest BCUT2D eigenvalue weighted by Gasteiger charge is 2.16. The smallest absolute Gasteiger partial charge is 0.271 e. The van der Waals surface area contributed by atoms with Gasteiger partial charge in [0.25, 0.3) is 11.5 Å². The predicted molar refractivity (Wildman–Crippen MR) is 97.5 cm³/mol. The second-order valence-corrected chi connectivity index (χ2v) is 6.73. The van der Waals surface area contributed by atoms with Crippen molar-refractivity contribution in [3.05, 3.63) is 57.0 Å². The van der Waals surface area contributed by atoms with Gasteiger partial charge in [0, 0.05) is 35.1 Å². The average Bonchev–Trinajstić information content (AvgIpc) is 2.84. The lowest BCUT2D eigenvalue weighted by atomic mass is 10.2. The Hall–Kier alpha value is -3.00. The molecule has 1 aromatic carbocycles. The molecule has 0 aliphatic carbocycles. The van der Waals surface area contributed by atoms with Gasteiger partial charge in [-0.15, -0.1) is 11.3 Å². The Kier molecular flexibility index (Phi) is 4.37. The highest BCUT2D eigenvalue weighted by Crippen LogP contribution is 2.19. The quantitative estimate of drug-likeness (QED) is 0.754. The number of rotatable bonds is 3. The number of hydrogen-bond donors (Lipinski definition) is 2. The van der Waals surface area contributed by atoms with Crippen molar-refractivity contribution in [2.75, 3.05) is 10.6 Å². The van der Waals surface area contributed by atoms with E-state index in [1.54, 1.807) is 24.3 Å². The van der Waals surface area contributed by atoms with Crippen LogP contribution in [0, 0.1) is 13.8 Å². The van der Waals surface area contributed by atoms with Crippen LogP contribution >= 0.6 is 11.3 Å². The molecule has 0 unspecified atom stereocenters. The van der Waals surface area contributed by atoms with Gasteiger partial charge in [0.2, 0.25) is 5.91 Å². The number of amides is 2. The summed E-state index contributed by atoms with van der Waals surface area (Å²) in [5.74, 6) is -0.701. The van der Waals surface area contributed by atoms with Crippen molar-refractivity contribution in [3.63, 3.8) is 0 Å². The zero-order valence-corrected chi connectivity index (χ0v) is 14.7. The molecule has 0 bridgehead atoms. The number of aromatic nitrogens is 2. The summed E-state index contributed by atoms with van der Waals surface area (Å²) in [4.78, 5) is 41.8. The fourth-order valence-electron chi connectivity index (χ4n) is 2.37. The Labute approximate surface area is 147 Å². The summed E-state index contributed by atoms with van der Waals surface area (Å²) < 4.78 is 1.45. The van der Waals surface area contributed by atoms with E-state index < -0.39 is 5.91 Å². The molecule has 0 aliphatic rings. The molecule has 2 N–H and O–H groups in total. The van der Waals surface area contributed by atoms with E-state index in [0.717, 1.165) is 10.6 Å². The number of benzene rings is 1. The van der Waals surface area contributed by atoms with Crippen LogP contribution in [0.1, 0.15) is 27.9 Å². The van der Waals surface area contributed by atoms with Gasteiger partial charge in [-0.25, -0.2) is 4.98 Å². The van der Waals surface area contributed by atoms with E-state index in [1.165, 1.54) is 28.9 Å². The van der Waals surface area contributed by atoms with E-state index in [0.29, 0.717) is 16.3 Å². The molecule has 128 valence electrons. The minimum absolute atomic E-state index is 0.0238. The van der Waals surface area contributed by atoms with Gasteiger partial charge in [-0.3, -0.25) is 18.8 Å². The molecule has 2 aromatic heterocycles. The maximum Gasteiger partial charge on any atom is 0.271 e. The van der Waals surface area contributed by atoms with Gasteiger partial charge >= 0.3 is 0 Å². The molecule has 25 heavy (non-hydrogen) atoms. The fraction of sp³-hybridized carbons (Fsp3) is 0.176.